The topological polar surface area (TPSA) is 69.3 Å². The number of nitrogens with zero attached hydrogens (tertiary/aromatic N) is 3. The van der Waals surface area contributed by atoms with Crippen molar-refractivity contribution >= 4 is 26.4 Å². The minimum atomic E-state index is -3.41. The van der Waals surface area contributed by atoms with Gasteiger partial charge in [-0.3, -0.25) is 9.88 Å². The van der Waals surface area contributed by atoms with Crippen LogP contribution in [0, 0.1) is 0 Å². The van der Waals surface area contributed by atoms with Crippen molar-refractivity contribution in [1.82, 2.24) is 19.8 Å². The third kappa shape index (κ3) is 3.69. The van der Waals surface area contributed by atoms with Crippen LogP contribution in [0.15, 0.2) is 90.4 Å². The Morgan fingerprint density at radius 3 is 2.51 bits per heavy atom. The molecule has 6 rings (SSSR count). The van der Waals surface area contributed by atoms with Crippen molar-refractivity contribution in [3.8, 4) is 0 Å². The highest BCUT2D eigenvalue weighted by Crippen LogP contribution is 2.40. The fourth-order valence-corrected chi connectivity index (χ4v) is 7.17. The maximum atomic E-state index is 13.3. The van der Waals surface area contributed by atoms with Gasteiger partial charge in [0.25, 0.3) is 0 Å². The van der Waals surface area contributed by atoms with E-state index in [1.807, 2.05) is 55.0 Å². The van der Waals surface area contributed by atoms with E-state index >= 15 is 0 Å². The molecule has 4 heterocycles. The number of nitrogens with one attached hydrogen (secondary N) is 1. The lowest BCUT2D eigenvalue weighted by atomic mass is 9.93. The average Bonchev–Trinajstić information content (AvgIpc) is 3.33. The van der Waals surface area contributed by atoms with E-state index in [-0.39, 0.29) is 11.8 Å². The predicted octanol–water partition coefficient (Wildman–Crippen LogP) is 4.38. The standard InChI is InChI=1S/C28H26N4O2S/c1-2-26(24-17-29-18-25-22(24)11-12-30-25)31-13-15-32(16-14-31)28-21-8-4-3-7-20(21)19-35(33,34)27-10-6-5-9-23(27)28/h3-12,17-18,28,30H,1,13-16,19H2. The predicted molar refractivity (Wildman–Crippen MR) is 137 cm³/mol. The summed E-state index contributed by atoms with van der Waals surface area (Å²) in [5.74, 6) is 0.0354. The lowest BCUT2D eigenvalue weighted by molar-refractivity contribution is 0.144. The summed E-state index contributed by atoms with van der Waals surface area (Å²) in [6, 6.07) is 17.4. The molecule has 7 heteroatoms. The molecule has 2 aromatic heterocycles. The number of piperazine rings is 1. The second-order valence-corrected chi connectivity index (χ2v) is 11.0. The smallest absolute Gasteiger partial charge is 0.182 e. The summed E-state index contributed by atoms with van der Waals surface area (Å²) in [6.45, 7) is 7.12. The van der Waals surface area contributed by atoms with Crippen LogP contribution in [0.5, 0.6) is 0 Å². The number of H-pyrrole nitrogens is 1. The van der Waals surface area contributed by atoms with Gasteiger partial charge in [0.15, 0.2) is 9.84 Å². The largest absolute Gasteiger partial charge is 0.362 e. The monoisotopic (exact) mass is 482 g/mol. The lowest BCUT2D eigenvalue weighted by Crippen LogP contribution is -2.47. The molecule has 0 saturated carbocycles. The molecule has 1 N–H and O–H groups in total. The van der Waals surface area contributed by atoms with E-state index in [1.54, 1.807) is 6.07 Å². The van der Waals surface area contributed by atoms with E-state index in [2.05, 4.69) is 44.2 Å². The number of aromatic nitrogens is 2. The molecule has 6 nitrogen and oxygen atoms in total. The Labute approximate surface area is 205 Å². The van der Waals surface area contributed by atoms with Gasteiger partial charge in [-0.05, 0) is 28.8 Å². The Morgan fingerprint density at radius 2 is 1.71 bits per heavy atom. The minimum Gasteiger partial charge on any atom is -0.362 e. The van der Waals surface area contributed by atoms with Gasteiger partial charge in [-0.1, -0.05) is 49.0 Å². The van der Waals surface area contributed by atoms with Crippen LogP contribution in [-0.2, 0) is 15.6 Å². The minimum absolute atomic E-state index is 0.0354. The van der Waals surface area contributed by atoms with Crippen LogP contribution < -0.4 is 0 Å². The van der Waals surface area contributed by atoms with E-state index in [1.165, 1.54) is 0 Å². The fourth-order valence-electron chi connectivity index (χ4n) is 5.52. The van der Waals surface area contributed by atoms with Crippen LogP contribution in [0.25, 0.3) is 16.6 Å². The molecule has 4 aromatic rings. The molecular weight excluding hydrogens is 456 g/mol. The van der Waals surface area contributed by atoms with Crippen LogP contribution in [0.4, 0.5) is 0 Å². The van der Waals surface area contributed by atoms with Crippen LogP contribution >= 0.6 is 0 Å². The van der Waals surface area contributed by atoms with Crippen molar-refractivity contribution in [2.24, 2.45) is 0 Å². The zero-order valence-corrected chi connectivity index (χ0v) is 20.1. The summed E-state index contributed by atoms with van der Waals surface area (Å²) < 4.78 is 26.5. The molecule has 1 atom stereocenters. The molecule has 2 aliphatic rings. The second kappa shape index (κ2) is 8.54. The van der Waals surface area contributed by atoms with Crippen molar-refractivity contribution in [3.05, 3.63) is 108 Å². The Morgan fingerprint density at radius 1 is 0.971 bits per heavy atom. The number of pyridine rings is 1. The molecule has 176 valence electrons. The molecule has 0 radical (unpaired) electrons. The zero-order valence-electron chi connectivity index (χ0n) is 19.3. The van der Waals surface area contributed by atoms with E-state index in [9.17, 15) is 8.42 Å². The summed E-state index contributed by atoms with van der Waals surface area (Å²) in [5, 5.41) is 1.10. The molecule has 0 spiro atoms. The SMILES string of the molecule is C=C=C(c1cncc2[nH]ccc12)N1CCN(C2c3ccccc3CS(=O)(=O)c3ccccc32)CC1. The number of hydrogen-bond acceptors (Lipinski definition) is 5. The van der Waals surface area contributed by atoms with Gasteiger partial charge in [0.2, 0.25) is 0 Å². The molecule has 2 aromatic carbocycles. The molecule has 0 aliphatic carbocycles. The third-order valence-electron chi connectivity index (χ3n) is 7.14. The number of fused-ring (bicyclic) bond motifs is 3. The summed E-state index contributed by atoms with van der Waals surface area (Å²) in [5.41, 5.74) is 8.94. The molecule has 0 bridgehead atoms. The maximum absolute atomic E-state index is 13.3. The van der Waals surface area contributed by atoms with Crippen LogP contribution in [-0.4, -0.2) is 54.4 Å². The summed E-state index contributed by atoms with van der Waals surface area (Å²) >= 11 is 0. The zero-order chi connectivity index (χ0) is 24.0. The van der Waals surface area contributed by atoms with E-state index < -0.39 is 9.84 Å². The first-order valence-corrected chi connectivity index (χ1v) is 13.4. The maximum Gasteiger partial charge on any atom is 0.182 e. The van der Waals surface area contributed by atoms with Crippen LogP contribution in [0.3, 0.4) is 0 Å². The number of aromatic amines is 1. The van der Waals surface area contributed by atoms with Gasteiger partial charge < -0.3 is 9.88 Å². The first kappa shape index (κ1) is 21.9. The molecule has 35 heavy (non-hydrogen) atoms. The Bertz CT molecular complexity index is 1580. The van der Waals surface area contributed by atoms with Crippen molar-refractivity contribution in [2.45, 2.75) is 16.7 Å². The highest BCUT2D eigenvalue weighted by molar-refractivity contribution is 7.90. The van der Waals surface area contributed by atoms with E-state index in [4.69, 9.17) is 0 Å². The summed E-state index contributed by atoms with van der Waals surface area (Å²) in [6.07, 6.45) is 5.62. The summed E-state index contributed by atoms with van der Waals surface area (Å²) in [7, 11) is -3.41. The normalized spacial score (nSPS) is 19.4. The van der Waals surface area contributed by atoms with Gasteiger partial charge in [-0.15, -0.1) is 5.73 Å². The third-order valence-corrected chi connectivity index (χ3v) is 8.87. The Balaban J connectivity index is 1.34. The fraction of sp³-hybridized carbons (Fsp3) is 0.214. The molecule has 1 unspecified atom stereocenters. The van der Waals surface area contributed by atoms with Gasteiger partial charge in [-0.25, -0.2) is 8.42 Å². The first-order chi connectivity index (χ1) is 17.1. The van der Waals surface area contributed by atoms with Crippen LogP contribution in [0.1, 0.15) is 28.3 Å². The van der Waals surface area contributed by atoms with E-state index in [0.29, 0.717) is 4.90 Å². The molecule has 2 aliphatic heterocycles. The lowest BCUT2D eigenvalue weighted by Gasteiger charge is -2.41. The van der Waals surface area contributed by atoms with Crippen molar-refractivity contribution < 1.29 is 8.42 Å². The second-order valence-electron chi connectivity index (χ2n) is 9.07. The van der Waals surface area contributed by atoms with Gasteiger partial charge in [-0.2, -0.15) is 0 Å². The molecule has 1 fully saturated rings. The van der Waals surface area contributed by atoms with Crippen LogP contribution in [0.2, 0.25) is 0 Å². The van der Waals surface area contributed by atoms with Gasteiger partial charge in [0.1, 0.15) is 0 Å². The molecular formula is C28H26N4O2S. The number of benzene rings is 2. The highest BCUT2D eigenvalue weighted by atomic mass is 32.2. The first-order valence-electron chi connectivity index (χ1n) is 11.8. The highest BCUT2D eigenvalue weighted by Gasteiger charge is 2.35. The van der Waals surface area contributed by atoms with Crippen molar-refractivity contribution in [1.29, 1.82) is 0 Å². The average molecular weight is 483 g/mol. The van der Waals surface area contributed by atoms with Gasteiger partial charge in [0, 0.05) is 49.5 Å². The molecule has 1 saturated heterocycles. The van der Waals surface area contributed by atoms with Gasteiger partial charge >= 0.3 is 0 Å². The summed E-state index contributed by atoms with van der Waals surface area (Å²) in [4.78, 5) is 12.8. The van der Waals surface area contributed by atoms with E-state index in [0.717, 1.165) is 65.0 Å². The number of hydrogen-bond donors (Lipinski definition) is 1. The Kier molecular flexibility index (Phi) is 5.33. The quantitative estimate of drug-likeness (QED) is 0.439. The number of rotatable bonds is 3. The van der Waals surface area contributed by atoms with Crippen molar-refractivity contribution in [2.75, 3.05) is 26.2 Å². The number of sulfone groups is 1. The molecule has 0 amide bonds. The van der Waals surface area contributed by atoms with Gasteiger partial charge in [0.05, 0.1) is 34.1 Å². The Hall–Kier alpha value is -3.64. The van der Waals surface area contributed by atoms with Crippen molar-refractivity contribution in [3.63, 3.8) is 0 Å².